The first-order valence-corrected chi connectivity index (χ1v) is 9.71. The largest absolute Gasteiger partial charge is 0.425 e. The average molecular weight is 339 g/mol. The maximum Gasteiger partial charge on any atom is 0.410 e. The summed E-state index contributed by atoms with van der Waals surface area (Å²) in [5.74, 6) is 0.162. The lowest BCUT2D eigenvalue weighted by Crippen LogP contribution is -2.39. The molecule has 2 aliphatic carbocycles. The van der Waals surface area contributed by atoms with Gasteiger partial charge in [0.2, 0.25) is 0 Å². The Morgan fingerprint density at radius 3 is 2.08 bits per heavy atom. The number of esters is 1. The van der Waals surface area contributed by atoms with Crippen LogP contribution in [0.25, 0.3) is 0 Å². The molecule has 1 N–H and O–H groups in total. The highest BCUT2D eigenvalue weighted by Gasteiger charge is 2.31. The highest BCUT2D eigenvalue weighted by Crippen LogP contribution is 2.29. The fraction of sp³-hybridized carbons (Fsp3) is 0.895. The van der Waals surface area contributed by atoms with Crippen LogP contribution in [-0.2, 0) is 14.3 Å². The summed E-state index contributed by atoms with van der Waals surface area (Å²) >= 11 is 0. The van der Waals surface area contributed by atoms with Crippen LogP contribution in [0.5, 0.6) is 0 Å². The van der Waals surface area contributed by atoms with E-state index in [9.17, 15) is 9.59 Å². The van der Waals surface area contributed by atoms with Crippen molar-refractivity contribution in [3.63, 3.8) is 0 Å². The van der Waals surface area contributed by atoms with Crippen molar-refractivity contribution in [2.24, 2.45) is 17.8 Å². The molecule has 0 aromatic rings. The molecule has 5 nitrogen and oxygen atoms in total. The van der Waals surface area contributed by atoms with Gasteiger partial charge >= 0.3 is 12.1 Å². The molecule has 138 valence electrons. The first-order valence-electron chi connectivity index (χ1n) is 9.71. The van der Waals surface area contributed by atoms with E-state index in [0.29, 0.717) is 12.5 Å². The van der Waals surface area contributed by atoms with Gasteiger partial charge in [0.25, 0.3) is 6.29 Å². The van der Waals surface area contributed by atoms with Crippen molar-refractivity contribution in [2.75, 3.05) is 6.54 Å². The zero-order valence-corrected chi connectivity index (χ0v) is 15.2. The van der Waals surface area contributed by atoms with E-state index in [1.165, 1.54) is 38.5 Å². The average Bonchev–Trinajstić information content (AvgIpc) is 2.61. The van der Waals surface area contributed by atoms with Gasteiger partial charge in [0.05, 0.1) is 5.92 Å². The third kappa shape index (κ3) is 6.33. The zero-order chi connectivity index (χ0) is 17.4. The number of carbonyl (C=O) groups is 2. The summed E-state index contributed by atoms with van der Waals surface area (Å²) in [5.41, 5.74) is 0. The van der Waals surface area contributed by atoms with E-state index in [4.69, 9.17) is 9.47 Å². The van der Waals surface area contributed by atoms with Crippen LogP contribution in [0.1, 0.15) is 78.1 Å². The van der Waals surface area contributed by atoms with Crippen LogP contribution in [0.4, 0.5) is 4.79 Å². The quantitative estimate of drug-likeness (QED) is 0.575. The molecule has 0 aromatic heterocycles. The van der Waals surface area contributed by atoms with Crippen LogP contribution in [0.3, 0.4) is 0 Å². The van der Waals surface area contributed by atoms with Gasteiger partial charge in [-0.3, -0.25) is 4.79 Å². The van der Waals surface area contributed by atoms with Gasteiger partial charge < -0.3 is 14.8 Å². The summed E-state index contributed by atoms with van der Waals surface area (Å²) in [4.78, 5) is 24.1. The highest BCUT2D eigenvalue weighted by molar-refractivity contribution is 5.72. The third-order valence-electron chi connectivity index (χ3n) is 5.22. The van der Waals surface area contributed by atoms with E-state index < -0.39 is 12.4 Å². The van der Waals surface area contributed by atoms with Crippen LogP contribution >= 0.6 is 0 Å². The number of alkyl carbamates (subject to hydrolysis) is 1. The van der Waals surface area contributed by atoms with Gasteiger partial charge in [-0.05, 0) is 31.6 Å². The Bertz CT molecular complexity index is 398. The van der Waals surface area contributed by atoms with Crippen LogP contribution in [0.2, 0.25) is 0 Å². The van der Waals surface area contributed by atoms with E-state index in [-0.39, 0.29) is 17.8 Å². The minimum Gasteiger partial charge on any atom is -0.425 e. The van der Waals surface area contributed by atoms with Crippen molar-refractivity contribution < 1.29 is 19.1 Å². The molecule has 1 unspecified atom stereocenters. The fourth-order valence-electron chi connectivity index (χ4n) is 3.64. The van der Waals surface area contributed by atoms with Crippen molar-refractivity contribution in [2.45, 2.75) is 84.3 Å². The summed E-state index contributed by atoms with van der Waals surface area (Å²) in [6.07, 6.45) is 10.3. The predicted molar refractivity (Wildman–Crippen MR) is 92.4 cm³/mol. The van der Waals surface area contributed by atoms with Crippen LogP contribution < -0.4 is 5.32 Å². The molecule has 2 aliphatic rings. The highest BCUT2D eigenvalue weighted by atomic mass is 16.7. The number of ether oxygens (including phenoxy) is 2. The van der Waals surface area contributed by atoms with E-state index in [2.05, 4.69) is 5.32 Å². The summed E-state index contributed by atoms with van der Waals surface area (Å²) in [6.45, 7) is 4.25. The Hall–Kier alpha value is -1.26. The summed E-state index contributed by atoms with van der Waals surface area (Å²) in [6, 6.07) is 0. The van der Waals surface area contributed by atoms with E-state index >= 15 is 0 Å². The third-order valence-corrected chi connectivity index (χ3v) is 5.22. The van der Waals surface area contributed by atoms with E-state index in [0.717, 1.165) is 25.7 Å². The van der Waals surface area contributed by atoms with Gasteiger partial charge in [-0.25, -0.2) is 4.79 Å². The maximum absolute atomic E-state index is 12.2. The van der Waals surface area contributed by atoms with E-state index in [1.54, 1.807) is 13.8 Å². The standard InChI is InChI=1S/C19H33NO4/c1-14(2)17(21)23-18(16-11-7-4-8-12-16)24-19(22)20-13-15-9-5-3-6-10-15/h14-16,18H,3-13H2,1-2H3,(H,20,22). The number of hydrogen-bond donors (Lipinski definition) is 1. The summed E-state index contributed by atoms with van der Waals surface area (Å²) in [5, 5.41) is 2.87. The lowest BCUT2D eigenvalue weighted by molar-refractivity contribution is -0.182. The van der Waals surface area contributed by atoms with Gasteiger partial charge in [-0.2, -0.15) is 0 Å². The maximum atomic E-state index is 12.2. The van der Waals surface area contributed by atoms with E-state index in [1.807, 2.05) is 0 Å². The first-order chi connectivity index (χ1) is 11.6. The Balaban J connectivity index is 1.83. The SMILES string of the molecule is CC(C)C(=O)OC(OC(=O)NCC1CCCCC1)C1CCCCC1. The molecule has 0 radical (unpaired) electrons. The number of nitrogens with one attached hydrogen (secondary N) is 1. The fourth-order valence-corrected chi connectivity index (χ4v) is 3.64. The minimum absolute atomic E-state index is 0.127. The molecule has 0 aromatic carbocycles. The number of amides is 1. The summed E-state index contributed by atoms with van der Waals surface area (Å²) in [7, 11) is 0. The first kappa shape index (κ1) is 19.1. The molecule has 0 spiro atoms. The smallest absolute Gasteiger partial charge is 0.410 e. The Morgan fingerprint density at radius 2 is 1.50 bits per heavy atom. The number of carbonyl (C=O) groups excluding carboxylic acids is 2. The molecule has 5 heteroatoms. The normalized spacial score (nSPS) is 21.3. The van der Waals surface area contributed by atoms with Gasteiger partial charge in [0, 0.05) is 12.5 Å². The van der Waals surface area contributed by atoms with Gasteiger partial charge in [0.15, 0.2) is 0 Å². The van der Waals surface area contributed by atoms with Crippen molar-refractivity contribution >= 4 is 12.1 Å². The zero-order valence-electron chi connectivity index (χ0n) is 15.2. The van der Waals surface area contributed by atoms with Gasteiger partial charge in [-0.15, -0.1) is 0 Å². The number of rotatable bonds is 6. The second kappa shape index (κ2) is 9.90. The molecule has 2 saturated carbocycles. The Morgan fingerprint density at radius 1 is 0.917 bits per heavy atom. The van der Waals surface area contributed by atoms with Crippen molar-refractivity contribution in [1.29, 1.82) is 0 Å². The Kier molecular flexibility index (Phi) is 7.86. The lowest BCUT2D eigenvalue weighted by Gasteiger charge is -2.30. The molecule has 24 heavy (non-hydrogen) atoms. The molecule has 2 fully saturated rings. The van der Waals surface area contributed by atoms with Crippen LogP contribution in [-0.4, -0.2) is 24.9 Å². The molecular formula is C19H33NO4. The molecule has 1 atom stereocenters. The number of hydrogen-bond acceptors (Lipinski definition) is 4. The second-order valence-corrected chi connectivity index (χ2v) is 7.65. The van der Waals surface area contributed by atoms with Gasteiger partial charge in [0.1, 0.15) is 0 Å². The Labute approximate surface area is 145 Å². The van der Waals surface area contributed by atoms with Crippen LogP contribution in [0.15, 0.2) is 0 Å². The topological polar surface area (TPSA) is 64.6 Å². The molecule has 0 saturated heterocycles. The molecule has 0 bridgehead atoms. The molecule has 0 aliphatic heterocycles. The van der Waals surface area contributed by atoms with Crippen molar-refractivity contribution in [3.05, 3.63) is 0 Å². The van der Waals surface area contributed by atoms with Gasteiger partial charge in [-0.1, -0.05) is 52.4 Å². The summed E-state index contributed by atoms with van der Waals surface area (Å²) < 4.78 is 11.0. The molecule has 2 rings (SSSR count). The van der Waals surface area contributed by atoms with Crippen molar-refractivity contribution in [3.8, 4) is 0 Å². The molecule has 0 heterocycles. The predicted octanol–water partition coefficient (Wildman–Crippen LogP) is 4.40. The van der Waals surface area contributed by atoms with Crippen LogP contribution in [0, 0.1) is 17.8 Å². The monoisotopic (exact) mass is 339 g/mol. The van der Waals surface area contributed by atoms with Crippen molar-refractivity contribution in [1.82, 2.24) is 5.32 Å². The second-order valence-electron chi connectivity index (χ2n) is 7.65. The molecular weight excluding hydrogens is 306 g/mol. The minimum atomic E-state index is -0.744. The molecule has 1 amide bonds. The lowest BCUT2D eigenvalue weighted by atomic mass is 9.88.